The molecule has 2 nitrogen and oxygen atoms in total. The number of rotatable bonds is 3. The number of aliphatic hydroxyl groups excluding tert-OH is 1. The molecule has 19 heavy (non-hydrogen) atoms. The molecular formula is C17H22O2. The van der Waals surface area contributed by atoms with E-state index in [1.54, 1.807) is 0 Å². The average molecular weight is 258 g/mol. The predicted octanol–water partition coefficient (Wildman–Crippen LogP) is 3.38. The summed E-state index contributed by atoms with van der Waals surface area (Å²) in [5, 5.41) is 8.67. The van der Waals surface area contributed by atoms with Gasteiger partial charge in [-0.1, -0.05) is 25.2 Å². The van der Waals surface area contributed by atoms with Gasteiger partial charge in [0, 0.05) is 12.0 Å². The minimum atomic E-state index is 0.119. The number of ether oxygens (including phenoxy) is 1. The van der Waals surface area contributed by atoms with E-state index in [2.05, 4.69) is 18.8 Å². The fraction of sp³-hybridized carbons (Fsp3) is 0.529. The Labute approximate surface area is 115 Å². The Morgan fingerprint density at radius 3 is 2.74 bits per heavy atom. The predicted molar refractivity (Wildman–Crippen MR) is 77.1 cm³/mol. The van der Waals surface area contributed by atoms with Crippen molar-refractivity contribution in [3.8, 4) is 17.6 Å². The first-order valence-corrected chi connectivity index (χ1v) is 7.14. The van der Waals surface area contributed by atoms with Crippen LogP contribution in [-0.2, 0) is 0 Å². The van der Waals surface area contributed by atoms with Crippen molar-refractivity contribution in [3.05, 3.63) is 29.8 Å². The lowest BCUT2D eigenvalue weighted by Crippen LogP contribution is -2.23. The fourth-order valence-electron chi connectivity index (χ4n) is 2.52. The molecule has 1 aliphatic rings. The molecule has 1 N–H and O–H groups in total. The third-order valence-electron chi connectivity index (χ3n) is 3.51. The Hall–Kier alpha value is -1.46. The quantitative estimate of drug-likeness (QED) is 0.842. The van der Waals surface area contributed by atoms with Crippen molar-refractivity contribution in [3.63, 3.8) is 0 Å². The second-order valence-corrected chi connectivity index (χ2v) is 5.31. The minimum Gasteiger partial charge on any atom is -0.490 e. The summed E-state index contributed by atoms with van der Waals surface area (Å²) in [7, 11) is 0. The third kappa shape index (κ3) is 4.61. The summed E-state index contributed by atoms with van der Waals surface area (Å²) >= 11 is 0. The van der Waals surface area contributed by atoms with Crippen LogP contribution in [0.3, 0.4) is 0 Å². The van der Waals surface area contributed by atoms with Gasteiger partial charge in [0.15, 0.2) is 0 Å². The fourth-order valence-corrected chi connectivity index (χ4v) is 2.52. The molecule has 2 rings (SSSR count). The Kier molecular flexibility index (Phi) is 5.30. The van der Waals surface area contributed by atoms with Crippen LogP contribution in [0.25, 0.3) is 0 Å². The van der Waals surface area contributed by atoms with Crippen molar-refractivity contribution < 1.29 is 9.84 Å². The molecule has 102 valence electrons. The van der Waals surface area contributed by atoms with E-state index in [0.29, 0.717) is 12.5 Å². The highest BCUT2D eigenvalue weighted by Gasteiger charge is 2.19. The van der Waals surface area contributed by atoms with Crippen LogP contribution in [0, 0.1) is 17.8 Å². The summed E-state index contributed by atoms with van der Waals surface area (Å²) < 4.78 is 6.02. The van der Waals surface area contributed by atoms with E-state index in [4.69, 9.17) is 9.84 Å². The van der Waals surface area contributed by atoms with Crippen molar-refractivity contribution in [1.82, 2.24) is 0 Å². The molecule has 2 heteroatoms. The highest BCUT2D eigenvalue weighted by atomic mass is 16.5. The molecule has 1 aromatic carbocycles. The van der Waals surface area contributed by atoms with Crippen LogP contribution in [0.1, 0.15) is 44.6 Å². The van der Waals surface area contributed by atoms with Gasteiger partial charge in [0.2, 0.25) is 0 Å². The number of hydrogen-bond acceptors (Lipinski definition) is 2. The summed E-state index contributed by atoms with van der Waals surface area (Å²) in [5.41, 5.74) is 0.970. The lowest BCUT2D eigenvalue weighted by molar-refractivity contribution is 0.129. The number of benzene rings is 1. The highest BCUT2D eigenvalue weighted by Crippen LogP contribution is 2.27. The first kappa shape index (κ1) is 14.0. The molecule has 0 heterocycles. The monoisotopic (exact) mass is 258 g/mol. The van der Waals surface area contributed by atoms with Crippen LogP contribution in [0.15, 0.2) is 24.3 Å². The molecular weight excluding hydrogens is 236 g/mol. The zero-order chi connectivity index (χ0) is 13.5. The minimum absolute atomic E-state index is 0.119. The van der Waals surface area contributed by atoms with Crippen LogP contribution in [0.5, 0.6) is 5.75 Å². The van der Waals surface area contributed by atoms with E-state index in [1.165, 1.54) is 19.3 Å². The Morgan fingerprint density at radius 2 is 2.05 bits per heavy atom. The topological polar surface area (TPSA) is 29.5 Å². The van der Waals surface area contributed by atoms with Gasteiger partial charge in [-0.2, -0.15) is 0 Å². The van der Waals surface area contributed by atoms with E-state index in [-0.39, 0.29) is 6.61 Å². The van der Waals surface area contributed by atoms with Crippen LogP contribution in [0.4, 0.5) is 0 Å². The average Bonchev–Trinajstić information content (AvgIpc) is 2.41. The summed E-state index contributed by atoms with van der Waals surface area (Å²) in [6.45, 7) is 2.42. The van der Waals surface area contributed by atoms with E-state index in [0.717, 1.165) is 23.7 Å². The smallest absolute Gasteiger partial charge is 0.119 e. The van der Waals surface area contributed by atoms with Gasteiger partial charge in [-0.25, -0.2) is 0 Å². The molecule has 1 saturated carbocycles. The number of hydrogen-bond donors (Lipinski definition) is 1. The van der Waals surface area contributed by atoms with Gasteiger partial charge in [0.1, 0.15) is 5.75 Å². The van der Waals surface area contributed by atoms with Crippen LogP contribution in [0.2, 0.25) is 0 Å². The summed E-state index contributed by atoms with van der Waals surface area (Å²) in [6, 6.07) is 7.93. The Balaban J connectivity index is 1.90. The molecule has 0 aliphatic heterocycles. The summed E-state index contributed by atoms with van der Waals surface area (Å²) in [4.78, 5) is 0. The van der Waals surface area contributed by atoms with Crippen molar-refractivity contribution >= 4 is 0 Å². The lowest BCUT2D eigenvalue weighted by Gasteiger charge is -2.27. The Bertz CT molecular complexity index is 439. The van der Waals surface area contributed by atoms with Gasteiger partial charge >= 0.3 is 0 Å². The zero-order valence-corrected chi connectivity index (χ0v) is 11.6. The Morgan fingerprint density at radius 1 is 1.26 bits per heavy atom. The van der Waals surface area contributed by atoms with Gasteiger partial charge in [0.05, 0.1) is 12.7 Å². The molecule has 2 atom stereocenters. The molecule has 0 aromatic heterocycles. The molecule has 1 fully saturated rings. The lowest BCUT2D eigenvalue weighted by atomic mass is 9.89. The molecule has 0 saturated heterocycles. The SMILES string of the molecule is CC1CCCC(Oc2ccc(C#CCCO)cc2)C1. The van der Waals surface area contributed by atoms with Crippen molar-refractivity contribution in [2.75, 3.05) is 6.61 Å². The maximum atomic E-state index is 8.67. The maximum Gasteiger partial charge on any atom is 0.119 e. The second kappa shape index (κ2) is 7.21. The zero-order valence-electron chi connectivity index (χ0n) is 11.6. The van der Waals surface area contributed by atoms with E-state index < -0.39 is 0 Å². The summed E-state index contributed by atoms with van der Waals surface area (Å²) in [5.74, 6) is 7.65. The second-order valence-electron chi connectivity index (χ2n) is 5.31. The molecule has 1 aromatic rings. The van der Waals surface area contributed by atoms with Crippen molar-refractivity contribution in [2.45, 2.75) is 45.1 Å². The first-order valence-electron chi connectivity index (χ1n) is 7.14. The van der Waals surface area contributed by atoms with Gasteiger partial charge in [-0.05, 0) is 49.4 Å². The normalized spacial score (nSPS) is 22.4. The molecule has 0 spiro atoms. The van der Waals surface area contributed by atoms with Gasteiger partial charge in [-0.15, -0.1) is 0 Å². The highest BCUT2D eigenvalue weighted by molar-refractivity contribution is 5.38. The van der Waals surface area contributed by atoms with Crippen LogP contribution < -0.4 is 4.74 Å². The molecule has 2 unspecified atom stereocenters. The van der Waals surface area contributed by atoms with Crippen LogP contribution in [-0.4, -0.2) is 17.8 Å². The van der Waals surface area contributed by atoms with Gasteiger partial charge in [-0.3, -0.25) is 0 Å². The van der Waals surface area contributed by atoms with E-state index >= 15 is 0 Å². The van der Waals surface area contributed by atoms with Crippen molar-refractivity contribution in [1.29, 1.82) is 0 Å². The van der Waals surface area contributed by atoms with E-state index in [9.17, 15) is 0 Å². The van der Waals surface area contributed by atoms with Crippen LogP contribution >= 0.6 is 0 Å². The maximum absolute atomic E-state index is 8.67. The molecule has 0 bridgehead atoms. The number of aliphatic hydroxyl groups is 1. The molecule has 1 aliphatic carbocycles. The van der Waals surface area contributed by atoms with Gasteiger partial charge < -0.3 is 9.84 Å². The third-order valence-corrected chi connectivity index (χ3v) is 3.51. The summed E-state index contributed by atoms with van der Waals surface area (Å²) in [6.07, 6.45) is 5.84. The standard InChI is InChI=1S/C17H22O2/c1-14-5-4-7-17(13-14)19-16-10-8-15(9-11-16)6-2-3-12-18/h8-11,14,17-18H,3-5,7,12-13H2,1H3. The van der Waals surface area contributed by atoms with Crippen molar-refractivity contribution in [2.24, 2.45) is 5.92 Å². The first-order chi connectivity index (χ1) is 9.28. The van der Waals surface area contributed by atoms with Gasteiger partial charge in [0.25, 0.3) is 0 Å². The molecule has 0 amide bonds. The van der Waals surface area contributed by atoms with E-state index in [1.807, 2.05) is 24.3 Å². The molecule has 0 radical (unpaired) electrons. The largest absolute Gasteiger partial charge is 0.490 e.